The zero-order valence-electron chi connectivity index (χ0n) is 19.3. The van der Waals surface area contributed by atoms with Crippen molar-refractivity contribution in [1.82, 2.24) is 0 Å². The Bertz CT molecular complexity index is 957. The van der Waals surface area contributed by atoms with E-state index in [-0.39, 0.29) is 31.1 Å². The molecule has 0 radical (unpaired) electrons. The second-order valence-corrected chi connectivity index (χ2v) is 12.4. The number of rotatable bonds is 7. The molecule has 2 atom stereocenters. The Morgan fingerprint density at radius 3 is 1.86 bits per heavy atom. The summed E-state index contributed by atoms with van der Waals surface area (Å²) in [6.45, 7) is 5.01. The van der Waals surface area contributed by atoms with Gasteiger partial charge in [0.05, 0.1) is 26.7 Å². The van der Waals surface area contributed by atoms with Crippen molar-refractivity contribution in [3.05, 3.63) is 0 Å². The highest BCUT2D eigenvalue weighted by atomic mass is 32.2. The molecular formula is C21H27F6O7S-. The molecule has 0 spiro atoms. The predicted octanol–water partition coefficient (Wildman–Crippen LogP) is 4.26. The number of esters is 2. The molecule has 35 heavy (non-hydrogen) atoms. The molecule has 4 bridgehead atoms. The average Bonchev–Trinajstić information content (AvgIpc) is 2.62. The predicted molar refractivity (Wildman–Crippen MR) is 106 cm³/mol. The van der Waals surface area contributed by atoms with Crippen molar-refractivity contribution in [3.8, 4) is 0 Å². The van der Waals surface area contributed by atoms with Gasteiger partial charge in [0.25, 0.3) is 0 Å². The topological polar surface area (TPSA) is 110 Å². The molecule has 0 N–H and O–H groups in total. The fourth-order valence-electron chi connectivity index (χ4n) is 6.00. The number of carbonyl (C=O) groups excluding carboxylic acids is 2. The zero-order chi connectivity index (χ0) is 26.9. The number of ether oxygens (including phenoxy) is 2. The lowest BCUT2D eigenvalue weighted by Crippen LogP contribution is -2.66. The Labute approximate surface area is 198 Å². The SMILES string of the molecule is CCC(C)(C)C(=O)OC12CC3CC(C1)CC(C(=O)OC(CS(=O)(=O)[O-])(C(F)(F)F)C(F)(F)F)(C3)C2. The van der Waals surface area contributed by atoms with E-state index in [0.29, 0.717) is 25.7 Å². The lowest BCUT2D eigenvalue weighted by molar-refractivity contribution is -0.364. The van der Waals surface area contributed by atoms with Crippen molar-refractivity contribution < 1.29 is 58.4 Å². The number of carbonyl (C=O) groups is 2. The first-order chi connectivity index (χ1) is 15.6. The van der Waals surface area contributed by atoms with Crippen LogP contribution in [0.5, 0.6) is 0 Å². The number of hydrogen-bond acceptors (Lipinski definition) is 7. The van der Waals surface area contributed by atoms with E-state index in [2.05, 4.69) is 4.74 Å². The van der Waals surface area contributed by atoms with E-state index < -0.39 is 62.2 Å². The molecule has 2 unspecified atom stereocenters. The molecule has 0 aromatic rings. The lowest BCUT2D eigenvalue weighted by Gasteiger charge is -2.60. The van der Waals surface area contributed by atoms with Crippen molar-refractivity contribution in [1.29, 1.82) is 0 Å². The Morgan fingerprint density at radius 2 is 1.46 bits per heavy atom. The molecular weight excluding hydrogens is 510 g/mol. The third-order valence-corrected chi connectivity index (χ3v) is 8.51. The van der Waals surface area contributed by atoms with Crippen molar-refractivity contribution >= 4 is 22.1 Å². The monoisotopic (exact) mass is 537 g/mol. The van der Waals surface area contributed by atoms with Crippen LogP contribution >= 0.6 is 0 Å². The van der Waals surface area contributed by atoms with E-state index in [0.717, 1.165) is 0 Å². The van der Waals surface area contributed by atoms with E-state index >= 15 is 0 Å². The summed E-state index contributed by atoms with van der Waals surface area (Å²) in [6, 6.07) is 0. The van der Waals surface area contributed by atoms with Crippen LogP contribution in [0.25, 0.3) is 0 Å². The van der Waals surface area contributed by atoms with Crippen LogP contribution in [0.15, 0.2) is 0 Å². The second-order valence-electron chi connectivity index (χ2n) is 11.0. The van der Waals surface area contributed by atoms with E-state index in [1.807, 2.05) is 0 Å². The van der Waals surface area contributed by atoms with Crippen LogP contribution in [0, 0.1) is 22.7 Å². The summed E-state index contributed by atoms with van der Waals surface area (Å²) in [6.07, 6.45) is -11.8. The molecule has 4 fully saturated rings. The molecule has 0 saturated heterocycles. The van der Waals surface area contributed by atoms with Crippen molar-refractivity contribution in [2.45, 2.75) is 89.3 Å². The third kappa shape index (κ3) is 5.01. The van der Waals surface area contributed by atoms with Gasteiger partial charge in [-0.3, -0.25) is 9.59 Å². The van der Waals surface area contributed by atoms with Crippen LogP contribution in [0.4, 0.5) is 26.3 Å². The van der Waals surface area contributed by atoms with Crippen molar-refractivity contribution in [2.24, 2.45) is 22.7 Å². The number of hydrogen-bond donors (Lipinski definition) is 0. The molecule has 4 aliphatic carbocycles. The lowest BCUT2D eigenvalue weighted by atomic mass is 9.48. The van der Waals surface area contributed by atoms with Gasteiger partial charge in [-0.15, -0.1) is 0 Å². The highest BCUT2D eigenvalue weighted by molar-refractivity contribution is 7.85. The normalized spacial score (nSPS) is 31.4. The smallest absolute Gasteiger partial charge is 0.438 e. The van der Waals surface area contributed by atoms with Crippen LogP contribution in [0.1, 0.15) is 65.7 Å². The van der Waals surface area contributed by atoms with Crippen LogP contribution in [0.2, 0.25) is 0 Å². The van der Waals surface area contributed by atoms with Crippen LogP contribution in [-0.2, 0) is 29.2 Å². The first-order valence-corrected chi connectivity index (χ1v) is 12.7. The summed E-state index contributed by atoms with van der Waals surface area (Å²) < 4.78 is 125. The van der Waals surface area contributed by atoms with Gasteiger partial charge in [0, 0.05) is 6.42 Å². The number of halogens is 6. The molecule has 202 valence electrons. The van der Waals surface area contributed by atoms with E-state index in [4.69, 9.17) is 4.74 Å². The van der Waals surface area contributed by atoms with Gasteiger partial charge in [-0.05, 0) is 64.2 Å². The minimum absolute atomic E-state index is 0.0886. The van der Waals surface area contributed by atoms with Crippen LogP contribution in [-0.4, -0.2) is 54.2 Å². The van der Waals surface area contributed by atoms with Gasteiger partial charge in [-0.2, -0.15) is 26.3 Å². The Hall–Kier alpha value is -1.57. The maximum Gasteiger partial charge on any atom is 0.438 e. The summed E-state index contributed by atoms with van der Waals surface area (Å²) in [4.78, 5) is 25.9. The molecule has 0 amide bonds. The van der Waals surface area contributed by atoms with Gasteiger partial charge in [-0.25, -0.2) is 8.42 Å². The molecule has 0 aromatic heterocycles. The molecule has 0 aromatic carbocycles. The van der Waals surface area contributed by atoms with Gasteiger partial charge in [0.1, 0.15) is 5.60 Å². The van der Waals surface area contributed by atoms with Crippen LogP contribution < -0.4 is 0 Å². The molecule has 4 saturated carbocycles. The summed E-state index contributed by atoms with van der Waals surface area (Å²) in [7, 11) is -6.13. The highest BCUT2D eigenvalue weighted by Crippen LogP contribution is 2.64. The van der Waals surface area contributed by atoms with Gasteiger partial charge in [0.2, 0.25) is 0 Å². The minimum atomic E-state index is -6.43. The average molecular weight is 537 g/mol. The first kappa shape index (κ1) is 28.0. The first-order valence-electron chi connectivity index (χ1n) is 11.1. The summed E-state index contributed by atoms with van der Waals surface area (Å²) in [5, 5.41) is 0. The van der Waals surface area contributed by atoms with Gasteiger partial charge >= 0.3 is 29.9 Å². The summed E-state index contributed by atoms with van der Waals surface area (Å²) in [5.74, 6) is -6.14. The fourth-order valence-corrected chi connectivity index (χ4v) is 6.89. The molecule has 7 nitrogen and oxygen atoms in total. The van der Waals surface area contributed by atoms with Gasteiger partial charge < -0.3 is 14.0 Å². The van der Waals surface area contributed by atoms with Crippen molar-refractivity contribution in [3.63, 3.8) is 0 Å². The van der Waals surface area contributed by atoms with Crippen molar-refractivity contribution in [2.75, 3.05) is 5.75 Å². The third-order valence-electron chi connectivity index (χ3n) is 7.75. The largest absolute Gasteiger partial charge is 0.748 e. The van der Waals surface area contributed by atoms with E-state index in [1.165, 1.54) is 0 Å². The maximum atomic E-state index is 13.7. The molecule has 0 aliphatic heterocycles. The molecule has 4 aliphatic rings. The maximum absolute atomic E-state index is 13.7. The van der Waals surface area contributed by atoms with E-state index in [1.54, 1.807) is 20.8 Å². The Morgan fingerprint density at radius 1 is 0.971 bits per heavy atom. The molecule has 14 heteroatoms. The van der Waals surface area contributed by atoms with Gasteiger partial charge in [0.15, 0.2) is 0 Å². The van der Waals surface area contributed by atoms with Crippen LogP contribution in [0.3, 0.4) is 0 Å². The zero-order valence-corrected chi connectivity index (χ0v) is 20.2. The Balaban J connectivity index is 1.99. The fraction of sp³-hybridized carbons (Fsp3) is 0.905. The quantitative estimate of drug-likeness (QED) is 0.271. The standard InChI is InChI=1S/C21H28F6O7S/c1-4-16(2,3)14(28)33-18-8-12-5-13(9-18)7-17(6-12,10-18)15(29)34-19(20(22,23)24,21(25,26)27)11-35(30,31)32/h12-13H,4-11H2,1-3H3,(H,30,31,32)/p-1. The Kier molecular flexibility index (Phi) is 6.58. The summed E-state index contributed by atoms with van der Waals surface area (Å²) in [5.41, 5.74) is -9.51. The highest BCUT2D eigenvalue weighted by Gasteiger charge is 2.76. The summed E-state index contributed by atoms with van der Waals surface area (Å²) >= 11 is 0. The molecule has 0 heterocycles. The molecule has 4 rings (SSSR count). The van der Waals surface area contributed by atoms with Gasteiger partial charge in [-0.1, -0.05) is 6.92 Å². The van der Waals surface area contributed by atoms with E-state index in [9.17, 15) is 48.9 Å². The minimum Gasteiger partial charge on any atom is -0.748 e. The second kappa shape index (κ2) is 8.22. The number of alkyl halides is 6.